The van der Waals surface area contributed by atoms with Crippen LogP contribution in [0.4, 0.5) is 0 Å². The minimum absolute atomic E-state index is 0.612. The predicted octanol–water partition coefficient (Wildman–Crippen LogP) is 3.40. The summed E-state index contributed by atoms with van der Waals surface area (Å²) in [6.45, 7) is 4.47. The molecular formula is C15H19N2+. The van der Waals surface area contributed by atoms with Crippen LogP contribution in [0.15, 0.2) is 49.1 Å². The summed E-state index contributed by atoms with van der Waals surface area (Å²) in [5, 5.41) is 0. The first-order chi connectivity index (χ1) is 8.35. The van der Waals surface area contributed by atoms with Crippen molar-refractivity contribution in [2.75, 3.05) is 0 Å². The standard InChI is InChI=1S/C15H19N2/c1-3-15(4-2)17-11-7-14(8-12-17)13-5-9-16-10-6-13/h5-12,15H,3-4H2,1-2H3/q+1. The van der Waals surface area contributed by atoms with Crippen LogP contribution >= 0.6 is 0 Å². The molecule has 0 saturated heterocycles. The van der Waals surface area contributed by atoms with Gasteiger partial charge in [0.2, 0.25) is 0 Å². The second-order valence-corrected chi connectivity index (χ2v) is 4.24. The van der Waals surface area contributed by atoms with E-state index in [4.69, 9.17) is 0 Å². The molecule has 2 aromatic rings. The van der Waals surface area contributed by atoms with Crippen LogP contribution in [0.25, 0.3) is 11.1 Å². The van der Waals surface area contributed by atoms with Crippen molar-refractivity contribution in [1.29, 1.82) is 0 Å². The Balaban J connectivity index is 2.24. The molecule has 0 aliphatic rings. The molecule has 0 aromatic carbocycles. The number of rotatable bonds is 4. The Morgan fingerprint density at radius 3 is 2.00 bits per heavy atom. The molecule has 0 atom stereocenters. The molecule has 2 nitrogen and oxygen atoms in total. The van der Waals surface area contributed by atoms with Gasteiger partial charge >= 0.3 is 0 Å². The van der Waals surface area contributed by atoms with Gasteiger partial charge < -0.3 is 0 Å². The van der Waals surface area contributed by atoms with E-state index in [1.54, 1.807) is 0 Å². The Bertz CT molecular complexity index is 444. The van der Waals surface area contributed by atoms with Gasteiger partial charge in [-0.1, -0.05) is 13.8 Å². The number of nitrogens with zero attached hydrogens (tertiary/aromatic N) is 2. The van der Waals surface area contributed by atoms with E-state index in [0.717, 1.165) is 0 Å². The lowest BCUT2D eigenvalue weighted by atomic mass is 10.1. The van der Waals surface area contributed by atoms with Gasteiger partial charge in [-0.15, -0.1) is 0 Å². The summed E-state index contributed by atoms with van der Waals surface area (Å²) >= 11 is 0. The van der Waals surface area contributed by atoms with Crippen molar-refractivity contribution in [2.24, 2.45) is 0 Å². The van der Waals surface area contributed by atoms with E-state index in [0.29, 0.717) is 6.04 Å². The first kappa shape index (κ1) is 11.8. The molecule has 0 saturated carbocycles. The van der Waals surface area contributed by atoms with Crippen molar-refractivity contribution in [3.8, 4) is 11.1 Å². The van der Waals surface area contributed by atoms with E-state index in [-0.39, 0.29) is 0 Å². The summed E-state index contributed by atoms with van der Waals surface area (Å²) in [6.07, 6.45) is 10.4. The van der Waals surface area contributed by atoms with Crippen LogP contribution in [0.3, 0.4) is 0 Å². The third kappa shape index (κ3) is 2.70. The zero-order valence-corrected chi connectivity index (χ0v) is 10.5. The van der Waals surface area contributed by atoms with E-state index in [2.05, 4.69) is 47.9 Å². The molecule has 2 aromatic heterocycles. The van der Waals surface area contributed by atoms with Crippen molar-refractivity contribution in [3.05, 3.63) is 49.1 Å². The molecule has 0 unspecified atom stereocenters. The number of aromatic nitrogens is 2. The van der Waals surface area contributed by atoms with Crippen LogP contribution in [-0.2, 0) is 0 Å². The van der Waals surface area contributed by atoms with Gasteiger partial charge in [0.1, 0.15) is 0 Å². The molecule has 17 heavy (non-hydrogen) atoms. The number of hydrogen-bond donors (Lipinski definition) is 0. The highest BCUT2D eigenvalue weighted by atomic mass is 15.0. The molecule has 0 spiro atoms. The van der Waals surface area contributed by atoms with Gasteiger partial charge in [0.05, 0.1) is 0 Å². The Kier molecular flexibility index (Phi) is 3.86. The smallest absolute Gasteiger partial charge is 0.169 e. The van der Waals surface area contributed by atoms with Crippen molar-refractivity contribution >= 4 is 0 Å². The zero-order chi connectivity index (χ0) is 12.1. The van der Waals surface area contributed by atoms with Crippen molar-refractivity contribution in [2.45, 2.75) is 32.7 Å². The summed E-state index contributed by atoms with van der Waals surface area (Å²) in [4.78, 5) is 4.04. The summed E-state index contributed by atoms with van der Waals surface area (Å²) in [5.74, 6) is 0. The SMILES string of the molecule is CCC(CC)[n+]1ccc(-c2ccncc2)cc1. The molecule has 2 rings (SSSR count). The average Bonchev–Trinajstić information content (AvgIpc) is 2.42. The molecule has 0 fully saturated rings. The Morgan fingerprint density at radius 2 is 1.47 bits per heavy atom. The van der Waals surface area contributed by atoms with Gasteiger partial charge in [0.15, 0.2) is 18.4 Å². The van der Waals surface area contributed by atoms with Gasteiger partial charge in [-0.2, -0.15) is 0 Å². The molecular weight excluding hydrogens is 208 g/mol. The highest BCUT2D eigenvalue weighted by Crippen LogP contribution is 2.16. The molecule has 2 heteroatoms. The van der Waals surface area contributed by atoms with E-state index >= 15 is 0 Å². The Morgan fingerprint density at radius 1 is 0.941 bits per heavy atom. The minimum atomic E-state index is 0.612. The number of pyridine rings is 2. The molecule has 2 heterocycles. The monoisotopic (exact) mass is 227 g/mol. The van der Waals surface area contributed by atoms with E-state index < -0.39 is 0 Å². The van der Waals surface area contributed by atoms with Crippen LogP contribution in [-0.4, -0.2) is 4.98 Å². The quantitative estimate of drug-likeness (QED) is 0.731. The van der Waals surface area contributed by atoms with Crippen LogP contribution in [0.5, 0.6) is 0 Å². The first-order valence-corrected chi connectivity index (χ1v) is 6.26. The van der Waals surface area contributed by atoms with Crippen molar-refractivity contribution in [1.82, 2.24) is 4.98 Å². The minimum Gasteiger partial charge on any atom is -0.265 e. The maximum atomic E-state index is 4.04. The van der Waals surface area contributed by atoms with Gasteiger partial charge in [-0.25, -0.2) is 4.57 Å². The topological polar surface area (TPSA) is 16.8 Å². The fraction of sp³-hybridized carbons (Fsp3) is 0.333. The molecule has 0 aliphatic heterocycles. The van der Waals surface area contributed by atoms with E-state index in [9.17, 15) is 0 Å². The molecule has 0 N–H and O–H groups in total. The second kappa shape index (κ2) is 5.58. The molecule has 0 bridgehead atoms. The zero-order valence-electron chi connectivity index (χ0n) is 10.5. The average molecular weight is 227 g/mol. The molecule has 0 radical (unpaired) electrons. The van der Waals surface area contributed by atoms with Gasteiger partial charge in [-0.3, -0.25) is 4.98 Å². The molecule has 0 amide bonds. The number of hydrogen-bond acceptors (Lipinski definition) is 1. The largest absolute Gasteiger partial charge is 0.265 e. The molecule has 0 aliphatic carbocycles. The lowest BCUT2D eigenvalue weighted by Crippen LogP contribution is -2.37. The summed E-state index contributed by atoms with van der Waals surface area (Å²) in [5.41, 5.74) is 2.46. The highest BCUT2D eigenvalue weighted by molar-refractivity contribution is 5.61. The summed E-state index contributed by atoms with van der Waals surface area (Å²) < 4.78 is 2.30. The van der Waals surface area contributed by atoms with Gasteiger partial charge in [0, 0.05) is 37.4 Å². The first-order valence-electron chi connectivity index (χ1n) is 6.26. The fourth-order valence-electron chi connectivity index (χ4n) is 2.13. The lowest BCUT2D eigenvalue weighted by Gasteiger charge is -2.07. The Labute approximate surface area is 103 Å². The van der Waals surface area contributed by atoms with Crippen LogP contribution in [0.2, 0.25) is 0 Å². The van der Waals surface area contributed by atoms with Gasteiger partial charge in [0.25, 0.3) is 0 Å². The van der Waals surface area contributed by atoms with Crippen LogP contribution in [0.1, 0.15) is 32.7 Å². The Hall–Kier alpha value is -1.70. The maximum Gasteiger partial charge on any atom is 0.169 e. The third-order valence-corrected chi connectivity index (χ3v) is 3.23. The van der Waals surface area contributed by atoms with Crippen molar-refractivity contribution in [3.63, 3.8) is 0 Å². The summed E-state index contributed by atoms with van der Waals surface area (Å²) in [6, 6.07) is 9.04. The predicted molar refractivity (Wildman–Crippen MR) is 69.5 cm³/mol. The third-order valence-electron chi connectivity index (χ3n) is 3.23. The lowest BCUT2D eigenvalue weighted by molar-refractivity contribution is -0.723. The second-order valence-electron chi connectivity index (χ2n) is 4.24. The van der Waals surface area contributed by atoms with E-state index in [1.807, 2.05) is 24.5 Å². The summed E-state index contributed by atoms with van der Waals surface area (Å²) in [7, 11) is 0. The molecule has 88 valence electrons. The van der Waals surface area contributed by atoms with Crippen molar-refractivity contribution < 1.29 is 4.57 Å². The maximum absolute atomic E-state index is 4.04. The van der Waals surface area contributed by atoms with Crippen LogP contribution in [0, 0.1) is 0 Å². The van der Waals surface area contributed by atoms with Crippen LogP contribution < -0.4 is 4.57 Å². The fourth-order valence-corrected chi connectivity index (χ4v) is 2.13. The normalized spacial score (nSPS) is 10.8. The van der Waals surface area contributed by atoms with E-state index in [1.165, 1.54) is 24.0 Å². The van der Waals surface area contributed by atoms with Gasteiger partial charge in [-0.05, 0) is 23.3 Å². The highest BCUT2D eigenvalue weighted by Gasteiger charge is 2.12.